The Morgan fingerprint density at radius 3 is 2.94 bits per heavy atom. The quantitative estimate of drug-likeness (QED) is 0.805. The zero-order chi connectivity index (χ0) is 11.7. The van der Waals surface area contributed by atoms with Crippen molar-refractivity contribution in [2.75, 3.05) is 0 Å². The molecule has 0 saturated heterocycles. The minimum Gasteiger partial charge on any atom is -0.388 e. The third kappa shape index (κ3) is 1.84. The molecule has 0 aliphatic carbocycles. The molecule has 0 spiro atoms. The Bertz CT molecular complexity index is 545. The molecule has 1 heterocycles. The van der Waals surface area contributed by atoms with Gasteiger partial charge in [0.05, 0.1) is 11.0 Å². The van der Waals surface area contributed by atoms with Crippen LogP contribution in [-0.4, -0.2) is 14.7 Å². The summed E-state index contributed by atoms with van der Waals surface area (Å²) in [5.41, 5.74) is 2.33. The second kappa shape index (κ2) is 4.06. The normalized spacial score (nSPS) is 10.9. The molecule has 3 nitrogen and oxygen atoms in total. The molecule has 1 aromatic carbocycles. The number of allylic oxidation sites excluding steroid dienone is 1. The Hall–Kier alpha value is -1.68. The zero-order valence-corrected chi connectivity index (χ0v) is 9.07. The van der Waals surface area contributed by atoms with E-state index >= 15 is 0 Å². The van der Waals surface area contributed by atoms with Gasteiger partial charge in [0.2, 0.25) is 0 Å². The van der Waals surface area contributed by atoms with E-state index in [1.807, 2.05) is 11.5 Å². The Morgan fingerprint density at radius 1 is 1.56 bits per heavy atom. The van der Waals surface area contributed by atoms with Gasteiger partial charge in [-0.1, -0.05) is 12.2 Å². The van der Waals surface area contributed by atoms with E-state index in [2.05, 4.69) is 11.6 Å². The van der Waals surface area contributed by atoms with E-state index in [-0.39, 0.29) is 12.4 Å². The number of aromatic nitrogens is 2. The van der Waals surface area contributed by atoms with Crippen molar-refractivity contribution in [3.05, 3.63) is 42.0 Å². The summed E-state index contributed by atoms with van der Waals surface area (Å²) in [6.45, 7) is 6.14. The molecule has 0 fully saturated rings. The molecule has 4 heteroatoms. The second-order valence-corrected chi connectivity index (χ2v) is 3.86. The fourth-order valence-corrected chi connectivity index (χ4v) is 1.72. The van der Waals surface area contributed by atoms with Crippen molar-refractivity contribution in [3.8, 4) is 0 Å². The number of hydrogen-bond donors (Lipinski definition) is 1. The van der Waals surface area contributed by atoms with Crippen molar-refractivity contribution in [2.24, 2.45) is 0 Å². The van der Waals surface area contributed by atoms with Gasteiger partial charge in [-0.3, -0.25) is 0 Å². The van der Waals surface area contributed by atoms with Gasteiger partial charge in [-0.25, -0.2) is 9.37 Å². The lowest BCUT2D eigenvalue weighted by molar-refractivity contribution is 0.267. The number of aliphatic hydroxyl groups excluding tert-OH is 1. The minimum atomic E-state index is -0.322. The minimum absolute atomic E-state index is 0.163. The van der Waals surface area contributed by atoms with E-state index in [1.165, 1.54) is 12.1 Å². The number of aliphatic hydroxyl groups is 1. The van der Waals surface area contributed by atoms with E-state index in [4.69, 9.17) is 0 Å². The van der Waals surface area contributed by atoms with Gasteiger partial charge >= 0.3 is 0 Å². The van der Waals surface area contributed by atoms with Crippen LogP contribution in [0.1, 0.15) is 12.7 Å². The number of hydrogen-bond acceptors (Lipinski definition) is 2. The van der Waals surface area contributed by atoms with Crippen LogP contribution in [0, 0.1) is 5.82 Å². The molecule has 16 heavy (non-hydrogen) atoms. The molecule has 0 radical (unpaired) electrons. The summed E-state index contributed by atoms with van der Waals surface area (Å²) in [5, 5.41) is 9.19. The van der Waals surface area contributed by atoms with Crippen molar-refractivity contribution in [1.82, 2.24) is 9.55 Å². The standard InChI is InChI=1S/C12H13FN2O/c1-8(2)6-15-11-4-3-9(13)5-10(11)14-12(15)7-16/h3-5,16H,1,6-7H2,2H3. The summed E-state index contributed by atoms with van der Waals surface area (Å²) in [5.74, 6) is 0.209. The van der Waals surface area contributed by atoms with Gasteiger partial charge in [0.15, 0.2) is 0 Å². The van der Waals surface area contributed by atoms with Crippen molar-refractivity contribution < 1.29 is 9.50 Å². The molecule has 0 aliphatic heterocycles. The lowest BCUT2D eigenvalue weighted by atomic mass is 10.3. The first-order valence-corrected chi connectivity index (χ1v) is 5.01. The molecule has 1 aromatic heterocycles. The van der Waals surface area contributed by atoms with Gasteiger partial charge in [-0.05, 0) is 19.1 Å². The molecule has 0 saturated carbocycles. The Morgan fingerprint density at radius 2 is 2.31 bits per heavy atom. The van der Waals surface area contributed by atoms with Gasteiger partial charge in [0.1, 0.15) is 18.2 Å². The molecule has 0 unspecified atom stereocenters. The zero-order valence-electron chi connectivity index (χ0n) is 9.07. The molecule has 0 atom stereocenters. The van der Waals surface area contributed by atoms with Crippen LogP contribution in [0.4, 0.5) is 4.39 Å². The summed E-state index contributed by atoms with van der Waals surface area (Å²) >= 11 is 0. The average molecular weight is 220 g/mol. The van der Waals surface area contributed by atoms with Crippen LogP contribution < -0.4 is 0 Å². The number of fused-ring (bicyclic) bond motifs is 1. The third-order valence-corrected chi connectivity index (χ3v) is 2.36. The molecule has 0 aliphatic rings. The number of imidazole rings is 1. The Kier molecular flexibility index (Phi) is 2.75. The van der Waals surface area contributed by atoms with Gasteiger partial charge in [-0.15, -0.1) is 0 Å². The molecule has 0 bridgehead atoms. The third-order valence-electron chi connectivity index (χ3n) is 2.36. The molecular formula is C12H13FN2O. The summed E-state index contributed by atoms with van der Waals surface area (Å²) in [6, 6.07) is 4.42. The van der Waals surface area contributed by atoms with Crippen LogP contribution in [0.5, 0.6) is 0 Å². The lowest BCUT2D eigenvalue weighted by Gasteiger charge is -2.06. The molecule has 2 rings (SSSR count). The maximum absolute atomic E-state index is 13.0. The fourth-order valence-electron chi connectivity index (χ4n) is 1.72. The number of halogens is 1. The van der Waals surface area contributed by atoms with Gasteiger partial charge in [-0.2, -0.15) is 0 Å². The first kappa shape index (κ1) is 10.8. The summed E-state index contributed by atoms with van der Waals surface area (Å²) < 4.78 is 14.9. The van der Waals surface area contributed by atoms with Crippen LogP contribution in [-0.2, 0) is 13.2 Å². The average Bonchev–Trinajstić information content (AvgIpc) is 2.55. The Labute approximate surface area is 92.8 Å². The highest BCUT2D eigenvalue weighted by Crippen LogP contribution is 2.18. The maximum atomic E-state index is 13.0. The van der Waals surface area contributed by atoms with Gasteiger partial charge in [0.25, 0.3) is 0 Å². The van der Waals surface area contributed by atoms with E-state index in [9.17, 15) is 9.50 Å². The second-order valence-electron chi connectivity index (χ2n) is 3.86. The maximum Gasteiger partial charge on any atom is 0.136 e. The van der Waals surface area contributed by atoms with Crippen LogP contribution in [0.25, 0.3) is 11.0 Å². The highest BCUT2D eigenvalue weighted by Gasteiger charge is 2.10. The fraction of sp³-hybridized carbons (Fsp3) is 0.250. The topological polar surface area (TPSA) is 38.0 Å². The number of nitrogens with zero attached hydrogens (tertiary/aromatic N) is 2. The molecular weight excluding hydrogens is 207 g/mol. The molecule has 0 amide bonds. The van der Waals surface area contributed by atoms with Crippen LogP contribution in [0.15, 0.2) is 30.4 Å². The van der Waals surface area contributed by atoms with Crippen molar-refractivity contribution in [2.45, 2.75) is 20.1 Å². The van der Waals surface area contributed by atoms with Gasteiger partial charge in [0, 0.05) is 12.6 Å². The first-order chi connectivity index (χ1) is 7.61. The van der Waals surface area contributed by atoms with E-state index in [0.29, 0.717) is 17.9 Å². The van der Waals surface area contributed by atoms with E-state index in [1.54, 1.807) is 6.07 Å². The van der Waals surface area contributed by atoms with Crippen LogP contribution >= 0.6 is 0 Å². The van der Waals surface area contributed by atoms with Crippen LogP contribution in [0.2, 0.25) is 0 Å². The van der Waals surface area contributed by atoms with E-state index < -0.39 is 0 Å². The predicted molar refractivity (Wildman–Crippen MR) is 60.4 cm³/mol. The number of benzene rings is 1. The lowest BCUT2D eigenvalue weighted by Crippen LogP contribution is -2.04. The summed E-state index contributed by atoms with van der Waals surface area (Å²) in [6.07, 6.45) is 0. The van der Waals surface area contributed by atoms with Crippen LogP contribution in [0.3, 0.4) is 0 Å². The summed E-state index contributed by atoms with van der Waals surface area (Å²) in [4.78, 5) is 4.18. The van der Waals surface area contributed by atoms with Crippen molar-refractivity contribution in [3.63, 3.8) is 0 Å². The predicted octanol–water partition coefficient (Wildman–Crippen LogP) is 2.24. The Balaban J connectivity index is 2.63. The number of rotatable bonds is 3. The van der Waals surface area contributed by atoms with E-state index in [0.717, 1.165) is 11.1 Å². The highest BCUT2D eigenvalue weighted by molar-refractivity contribution is 5.76. The molecule has 1 N–H and O–H groups in total. The largest absolute Gasteiger partial charge is 0.388 e. The molecule has 84 valence electrons. The first-order valence-electron chi connectivity index (χ1n) is 5.01. The summed E-state index contributed by atoms with van der Waals surface area (Å²) in [7, 11) is 0. The smallest absolute Gasteiger partial charge is 0.136 e. The SMILES string of the molecule is C=C(C)Cn1c(CO)nc2cc(F)ccc21. The highest BCUT2D eigenvalue weighted by atomic mass is 19.1. The van der Waals surface area contributed by atoms with Crippen molar-refractivity contribution >= 4 is 11.0 Å². The monoisotopic (exact) mass is 220 g/mol. The van der Waals surface area contributed by atoms with Crippen molar-refractivity contribution in [1.29, 1.82) is 0 Å². The van der Waals surface area contributed by atoms with Gasteiger partial charge < -0.3 is 9.67 Å². The molecule has 2 aromatic rings.